The lowest BCUT2D eigenvalue weighted by molar-refractivity contribution is -0.508. The quantitative estimate of drug-likeness (QED) is 0.184. The Labute approximate surface area is 204 Å². The number of non-ortho nitro benzene ring substituents is 1. The summed E-state index contributed by atoms with van der Waals surface area (Å²) in [5.74, 6) is -1.68. The van der Waals surface area contributed by atoms with Crippen LogP contribution in [-0.4, -0.2) is 43.5 Å². The van der Waals surface area contributed by atoms with E-state index < -0.39 is 22.9 Å². The minimum Gasteiger partial charge on any atom is -0.456 e. The van der Waals surface area contributed by atoms with E-state index in [4.69, 9.17) is 4.74 Å². The number of nitro groups is 1. The van der Waals surface area contributed by atoms with Crippen LogP contribution in [0.25, 0.3) is 10.4 Å². The zero-order chi connectivity index (χ0) is 25.2. The maximum Gasteiger partial charge on any atom is 0.355 e. The minimum absolute atomic E-state index is 0.0503. The van der Waals surface area contributed by atoms with Crippen molar-refractivity contribution in [1.29, 1.82) is 0 Å². The van der Waals surface area contributed by atoms with Crippen LogP contribution in [0.15, 0.2) is 42.5 Å². The number of benzene rings is 1. The molecular weight excluding hydrogens is 472 g/mol. The standard InChI is InChI=1S/C24H25N4O6S/c1-12-18(17-9-26-11-25(4)13(2)23(26)35-17)21(27-20(12)19(14(3)29)22(27)30)24(31)34-10-15-5-7-16(8-6-15)28(32)33/h5-9,11-12,14,19-20,29H,10H2,1-4H3/q+1/t12-,14+,19+,20+/m0/s1. The van der Waals surface area contributed by atoms with Crippen LogP contribution in [0.5, 0.6) is 0 Å². The topological polar surface area (TPSA) is 119 Å². The summed E-state index contributed by atoms with van der Waals surface area (Å²) in [6.45, 7) is 5.49. The van der Waals surface area contributed by atoms with Gasteiger partial charge in [-0.05, 0) is 24.6 Å². The summed E-state index contributed by atoms with van der Waals surface area (Å²) < 4.78 is 9.59. The summed E-state index contributed by atoms with van der Waals surface area (Å²) in [6.07, 6.45) is 3.08. The number of aliphatic hydroxyl groups is 1. The van der Waals surface area contributed by atoms with Gasteiger partial charge in [-0.3, -0.25) is 14.9 Å². The molecule has 35 heavy (non-hydrogen) atoms. The van der Waals surface area contributed by atoms with Crippen molar-refractivity contribution in [3.05, 3.63) is 68.7 Å². The number of esters is 1. The van der Waals surface area contributed by atoms with Gasteiger partial charge in [0.15, 0.2) is 5.69 Å². The predicted octanol–water partition coefficient (Wildman–Crippen LogP) is 2.35. The van der Waals surface area contributed by atoms with E-state index in [2.05, 4.69) is 0 Å². The number of aromatic nitrogens is 2. The summed E-state index contributed by atoms with van der Waals surface area (Å²) >= 11 is 1.54. The minimum atomic E-state index is -0.830. The molecule has 1 saturated heterocycles. The summed E-state index contributed by atoms with van der Waals surface area (Å²) in [6, 6.07) is 5.45. The SMILES string of the molecule is Cc1c2sc(C3=C(C(=O)OCc4ccc([N+](=O)[O-])cc4)N4C(=O)[C@H]([C@@H](C)O)[C@H]4[C@H]3C)c[n+]2cn1C. The summed E-state index contributed by atoms with van der Waals surface area (Å²) in [7, 11) is 1.96. The second-order valence-electron chi connectivity index (χ2n) is 9.14. The van der Waals surface area contributed by atoms with Crippen LogP contribution in [-0.2, 0) is 28.0 Å². The van der Waals surface area contributed by atoms with Crippen LogP contribution in [0.3, 0.4) is 0 Å². The molecule has 10 nitrogen and oxygen atoms in total. The molecule has 0 unspecified atom stereocenters. The number of nitrogens with zero attached hydrogens (tertiary/aromatic N) is 4. The number of carbonyl (C=O) groups excluding carboxylic acids is 2. The van der Waals surface area contributed by atoms with Crippen molar-refractivity contribution in [2.24, 2.45) is 18.9 Å². The van der Waals surface area contributed by atoms with E-state index in [1.165, 1.54) is 29.2 Å². The van der Waals surface area contributed by atoms with E-state index in [9.17, 15) is 24.8 Å². The molecule has 2 aliphatic rings. The van der Waals surface area contributed by atoms with Gasteiger partial charge in [0.05, 0.1) is 34.9 Å². The molecule has 4 atom stereocenters. The number of amides is 1. The highest BCUT2D eigenvalue weighted by molar-refractivity contribution is 7.18. The number of rotatable bonds is 6. The molecule has 0 saturated carbocycles. The third-order valence-electron chi connectivity index (χ3n) is 6.98. The van der Waals surface area contributed by atoms with E-state index in [1.54, 1.807) is 18.3 Å². The molecule has 11 heteroatoms. The number of imidazole rings is 1. The number of thiazole rings is 1. The monoisotopic (exact) mass is 497 g/mol. The van der Waals surface area contributed by atoms with Gasteiger partial charge in [-0.2, -0.15) is 4.40 Å². The Bertz CT molecular complexity index is 1400. The molecule has 1 N–H and O–H groups in total. The van der Waals surface area contributed by atoms with E-state index in [-0.39, 0.29) is 35.9 Å². The van der Waals surface area contributed by atoms with Crippen LogP contribution >= 0.6 is 11.3 Å². The van der Waals surface area contributed by atoms with Gasteiger partial charge >= 0.3 is 5.97 Å². The van der Waals surface area contributed by atoms with Gasteiger partial charge in [0.25, 0.3) is 5.69 Å². The molecule has 2 aromatic heterocycles. The van der Waals surface area contributed by atoms with Crippen LogP contribution in [0.4, 0.5) is 5.69 Å². The number of β-lactam (4-membered cyclic amide) rings is 1. The lowest BCUT2D eigenvalue weighted by Crippen LogP contribution is -2.63. The lowest BCUT2D eigenvalue weighted by atomic mass is 9.77. The Balaban J connectivity index is 1.50. The summed E-state index contributed by atoms with van der Waals surface area (Å²) in [5, 5.41) is 21.1. The van der Waals surface area contributed by atoms with Crippen LogP contribution in [0, 0.1) is 28.9 Å². The van der Waals surface area contributed by atoms with Crippen LogP contribution in [0.2, 0.25) is 0 Å². The molecule has 5 rings (SSSR count). The predicted molar refractivity (Wildman–Crippen MR) is 126 cm³/mol. The van der Waals surface area contributed by atoms with Crippen molar-refractivity contribution >= 4 is 39.3 Å². The third kappa shape index (κ3) is 3.53. The second kappa shape index (κ2) is 8.28. The zero-order valence-corrected chi connectivity index (χ0v) is 20.5. The molecule has 0 bridgehead atoms. The summed E-state index contributed by atoms with van der Waals surface area (Å²) in [5.41, 5.74) is 2.56. The Morgan fingerprint density at radius 2 is 2.03 bits per heavy atom. The molecule has 1 amide bonds. The number of aryl methyl sites for hydroxylation is 2. The fraction of sp³-hybridized carbons (Fsp3) is 0.375. The fourth-order valence-corrected chi connectivity index (χ4v) is 6.34. The van der Waals surface area contributed by atoms with Gasteiger partial charge in [-0.25, -0.2) is 9.36 Å². The van der Waals surface area contributed by atoms with Crippen molar-refractivity contribution in [1.82, 2.24) is 9.47 Å². The smallest absolute Gasteiger partial charge is 0.355 e. The van der Waals surface area contributed by atoms with Gasteiger partial charge in [-0.1, -0.05) is 18.3 Å². The Hall–Kier alpha value is -3.57. The first-order valence-corrected chi connectivity index (χ1v) is 12.0. The van der Waals surface area contributed by atoms with E-state index in [0.717, 1.165) is 21.0 Å². The maximum atomic E-state index is 13.4. The number of nitro benzene ring substituents is 1. The maximum absolute atomic E-state index is 13.4. The largest absolute Gasteiger partial charge is 0.456 e. The number of hydrogen-bond acceptors (Lipinski definition) is 7. The molecular formula is C24H25N4O6S+. The average Bonchev–Trinajstić information content (AvgIpc) is 3.41. The van der Waals surface area contributed by atoms with E-state index in [0.29, 0.717) is 5.56 Å². The van der Waals surface area contributed by atoms with Crippen molar-refractivity contribution in [3.63, 3.8) is 0 Å². The van der Waals surface area contributed by atoms with Gasteiger partial charge in [0.1, 0.15) is 18.5 Å². The molecule has 2 aliphatic heterocycles. The van der Waals surface area contributed by atoms with Crippen molar-refractivity contribution in [2.75, 3.05) is 0 Å². The van der Waals surface area contributed by atoms with Crippen LogP contribution in [0.1, 0.15) is 30.0 Å². The fourth-order valence-electron chi connectivity index (χ4n) is 5.08. The van der Waals surface area contributed by atoms with Crippen molar-refractivity contribution < 1.29 is 28.8 Å². The zero-order valence-electron chi connectivity index (χ0n) is 19.7. The number of aliphatic hydroxyl groups excluding tert-OH is 1. The number of carbonyl (C=O) groups is 2. The van der Waals surface area contributed by atoms with Gasteiger partial charge < -0.3 is 14.7 Å². The summed E-state index contributed by atoms with van der Waals surface area (Å²) in [4.78, 5) is 40.1. The second-order valence-corrected chi connectivity index (χ2v) is 10.2. The van der Waals surface area contributed by atoms with Gasteiger partial charge in [-0.15, -0.1) is 0 Å². The highest BCUT2D eigenvalue weighted by atomic mass is 32.1. The first-order valence-electron chi connectivity index (χ1n) is 11.2. The number of fused-ring (bicyclic) bond motifs is 2. The Morgan fingerprint density at radius 1 is 1.34 bits per heavy atom. The molecule has 1 fully saturated rings. The Kier molecular flexibility index (Phi) is 5.48. The number of ether oxygens (including phenoxy) is 1. The van der Waals surface area contributed by atoms with E-state index in [1.807, 2.05) is 42.4 Å². The molecule has 0 radical (unpaired) electrons. The van der Waals surface area contributed by atoms with E-state index >= 15 is 0 Å². The molecule has 182 valence electrons. The molecule has 1 aromatic carbocycles. The van der Waals surface area contributed by atoms with Crippen molar-refractivity contribution in [2.45, 2.75) is 39.5 Å². The highest BCUT2D eigenvalue weighted by Crippen LogP contribution is 2.51. The molecule has 0 spiro atoms. The normalized spacial score (nSPS) is 22.4. The van der Waals surface area contributed by atoms with Gasteiger partial charge in [0, 0.05) is 30.5 Å². The third-order valence-corrected chi connectivity index (χ3v) is 8.23. The van der Waals surface area contributed by atoms with Crippen LogP contribution < -0.4 is 4.40 Å². The van der Waals surface area contributed by atoms with Crippen molar-refractivity contribution in [3.8, 4) is 0 Å². The number of hydrogen-bond donors (Lipinski definition) is 1. The highest BCUT2D eigenvalue weighted by Gasteiger charge is 2.60. The molecule has 0 aliphatic carbocycles. The molecule has 3 aromatic rings. The lowest BCUT2D eigenvalue weighted by Gasteiger charge is -2.46. The first-order chi connectivity index (χ1) is 16.6. The molecule has 4 heterocycles. The first kappa shape index (κ1) is 23.2. The average molecular weight is 498 g/mol. The van der Waals surface area contributed by atoms with Gasteiger partial charge in [0.2, 0.25) is 17.1 Å². The Morgan fingerprint density at radius 3 is 2.63 bits per heavy atom.